The molecule has 0 saturated carbocycles. The molecule has 0 atom stereocenters. The number of hydrogen-bond acceptors (Lipinski definition) is 2. The maximum atomic E-state index is 10.4. The van der Waals surface area contributed by atoms with E-state index >= 15 is 0 Å². The van der Waals surface area contributed by atoms with Gasteiger partial charge in [0.2, 0.25) is 0 Å². The summed E-state index contributed by atoms with van der Waals surface area (Å²) in [5, 5.41) is 0. The summed E-state index contributed by atoms with van der Waals surface area (Å²) >= 11 is 0. The van der Waals surface area contributed by atoms with Crippen LogP contribution in [0.5, 0.6) is 0 Å². The Morgan fingerprint density at radius 3 is 2.11 bits per heavy atom. The van der Waals surface area contributed by atoms with Crippen LogP contribution in [0.2, 0.25) is 0 Å². The number of ether oxygens (including phenoxy) is 1. The summed E-state index contributed by atoms with van der Waals surface area (Å²) in [6, 6.07) is 0. The first-order valence-corrected chi connectivity index (χ1v) is 2.86. The van der Waals surface area contributed by atoms with Crippen LogP contribution in [0.25, 0.3) is 0 Å². The Morgan fingerprint density at radius 1 is 1.56 bits per heavy atom. The van der Waals surface area contributed by atoms with Crippen LogP contribution < -0.4 is 0 Å². The average molecular weight is 175 g/mol. The summed E-state index contributed by atoms with van der Waals surface area (Å²) in [6.45, 7) is 5.46. The predicted molar refractivity (Wildman–Crippen MR) is 31.5 cm³/mol. The number of carbonyl (C=O) groups excluding carboxylic acids is 1. The fraction of sp³-hybridized carbons (Fsp3) is 0.833. The van der Waals surface area contributed by atoms with E-state index in [2.05, 4.69) is 0 Å². The molecule has 3 heteroatoms. The normalized spacial score (nSPS) is 8.44. The average Bonchev–Trinajstić information content (AvgIpc) is 1.65. The van der Waals surface area contributed by atoms with Crippen LogP contribution in [0.1, 0.15) is 27.2 Å². The minimum absolute atomic E-state index is 0. The monoisotopic (exact) mass is 175 g/mol. The number of esters is 1. The first-order valence-electron chi connectivity index (χ1n) is 2.86. The molecule has 0 fully saturated rings. The number of rotatable bonds is 2. The van der Waals surface area contributed by atoms with Gasteiger partial charge in [0.25, 0.3) is 0 Å². The van der Waals surface area contributed by atoms with Crippen molar-refractivity contribution in [2.75, 3.05) is 0 Å². The second kappa shape index (κ2) is 6.10. The van der Waals surface area contributed by atoms with Crippen molar-refractivity contribution >= 4 is 5.97 Å². The van der Waals surface area contributed by atoms with Crippen molar-refractivity contribution in [2.45, 2.75) is 33.3 Å². The molecule has 0 heterocycles. The molecule has 0 amide bonds. The second-order valence-corrected chi connectivity index (χ2v) is 1.89. The van der Waals surface area contributed by atoms with E-state index in [-0.39, 0.29) is 28.9 Å². The van der Waals surface area contributed by atoms with Crippen molar-refractivity contribution in [1.82, 2.24) is 0 Å². The van der Waals surface area contributed by atoms with Gasteiger partial charge in [-0.1, -0.05) is 6.92 Å². The van der Waals surface area contributed by atoms with Gasteiger partial charge >= 0.3 is 5.97 Å². The summed E-state index contributed by atoms with van der Waals surface area (Å²) in [5.74, 6) is -0.125. The molecule has 0 aliphatic heterocycles. The van der Waals surface area contributed by atoms with E-state index in [4.69, 9.17) is 4.74 Å². The third kappa shape index (κ3) is 7.98. The van der Waals surface area contributed by atoms with Gasteiger partial charge in [0.05, 0.1) is 6.10 Å². The largest absolute Gasteiger partial charge is 0.463 e. The summed E-state index contributed by atoms with van der Waals surface area (Å²) in [4.78, 5) is 10.4. The SMILES string of the molecule is CCC(=O)OC(C)C.[Co]. The van der Waals surface area contributed by atoms with E-state index in [0.717, 1.165) is 0 Å². The van der Waals surface area contributed by atoms with Gasteiger partial charge in [-0.15, -0.1) is 0 Å². The standard InChI is InChI=1S/C6H12O2.Co/c1-4-6(7)8-5(2)3;/h5H,4H2,1-3H3;. The number of hydrogen-bond donors (Lipinski definition) is 0. The molecular formula is C6H12CoO2. The zero-order valence-electron chi connectivity index (χ0n) is 5.93. The maximum Gasteiger partial charge on any atom is 0.305 e. The van der Waals surface area contributed by atoms with Crippen molar-refractivity contribution in [3.63, 3.8) is 0 Å². The molecule has 1 radical (unpaired) electrons. The van der Waals surface area contributed by atoms with Crippen LogP contribution in [0.4, 0.5) is 0 Å². The third-order valence-corrected chi connectivity index (χ3v) is 0.656. The fourth-order valence-corrected chi connectivity index (χ4v) is 0.346. The van der Waals surface area contributed by atoms with E-state index in [9.17, 15) is 4.79 Å². The quantitative estimate of drug-likeness (QED) is 0.592. The van der Waals surface area contributed by atoms with Crippen molar-refractivity contribution in [3.8, 4) is 0 Å². The smallest absolute Gasteiger partial charge is 0.305 e. The van der Waals surface area contributed by atoms with Crippen molar-refractivity contribution in [1.29, 1.82) is 0 Å². The Bertz CT molecular complexity index is 81.1. The molecule has 0 aromatic carbocycles. The van der Waals surface area contributed by atoms with Crippen molar-refractivity contribution in [2.24, 2.45) is 0 Å². The molecule has 0 rings (SSSR count). The summed E-state index contributed by atoms with van der Waals surface area (Å²) in [6.07, 6.45) is 0.500. The molecule has 57 valence electrons. The minimum Gasteiger partial charge on any atom is -0.463 e. The molecule has 0 bridgehead atoms. The van der Waals surface area contributed by atoms with Crippen molar-refractivity contribution < 1.29 is 26.3 Å². The van der Waals surface area contributed by atoms with E-state index < -0.39 is 0 Å². The van der Waals surface area contributed by atoms with Crippen LogP contribution in [0.3, 0.4) is 0 Å². The topological polar surface area (TPSA) is 26.3 Å². The van der Waals surface area contributed by atoms with E-state index in [0.29, 0.717) is 6.42 Å². The van der Waals surface area contributed by atoms with Crippen LogP contribution >= 0.6 is 0 Å². The summed E-state index contributed by atoms with van der Waals surface area (Å²) in [7, 11) is 0. The molecular weight excluding hydrogens is 163 g/mol. The molecule has 0 aliphatic rings. The predicted octanol–water partition coefficient (Wildman–Crippen LogP) is 1.35. The van der Waals surface area contributed by atoms with Gasteiger partial charge in [0, 0.05) is 23.2 Å². The Hall–Kier alpha value is -0.0235. The first kappa shape index (κ1) is 11.7. The summed E-state index contributed by atoms with van der Waals surface area (Å²) < 4.78 is 4.76. The molecule has 0 aromatic rings. The van der Waals surface area contributed by atoms with Gasteiger partial charge in [-0.3, -0.25) is 4.79 Å². The Kier molecular flexibility index (Phi) is 7.96. The van der Waals surface area contributed by atoms with Gasteiger partial charge < -0.3 is 4.74 Å². The zero-order chi connectivity index (χ0) is 6.57. The van der Waals surface area contributed by atoms with Gasteiger partial charge in [0.1, 0.15) is 0 Å². The maximum absolute atomic E-state index is 10.4. The molecule has 9 heavy (non-hydrogen) atoms. The summed E-state index contributed by atoms with van der Waals surface area (Å²) in [5.41, 5.74) is 0. The Morgan fingerprint density at radius 2 is 2.00 bits per heavy atom. The minimum atomic E-state index is -0.125. The molecule has 0 aromatic heterocycles. The van der Waals surface area contributed by atoms with Crippen LogP contribution in [-0.4, -0.2) is 12.1 Å². The van der Waals surface area contributed by atoms with Gasteiger partial charge in [-0.05, 0) is 13.8 Å². The van der Waals surface area contributed by atoms with Gasteiger partial charge in [-0.2, -0.15) is 0 Å². The second-order valence-electron chi connectivity index (χ2n) is 1.89. The molecule has 0 unspecified atom stereocenters. The first-order chi connectivity index (χ1) is 3.66. The molecule has 0 N–H and O–H groups in total. The molecule has 2 nitrogen and oxygen atoms in total. The van der Waals surface area contributed by atoms with Crippen LogP contribution in [0, 0.1) is 0 Å². The van der Waals surface area contributed by atoms with Gasteiger partial charge in [0.15, 0.2) is 0 Å². The van der Waals surface area contributed by atoms with Crippen molar-refractivity contribution in [3.05, 3.63) is 0 Å². The van der Waals surface area contributed by atoms with E-state index in [1.54, 1.807) is 6.92 Å². The van der Waals surface area contributed by atoms with Crippen LogP contribution in [0.15, 0.2) is 0 Å². The third-order valence-electron chi connectivity index (χ3n) is 0.656. The molecule has 0 spiro atoms. The number of carbonyl (C=O) groups is 1. The van der Waals surface area contributed by atoms with Gasteiger partial charge in [-0.25, -0.2) is 0 Å². The van der Waals surface area contributed by atoms with E-state index in [1.807, 2.05) is 13.8 Å². The van der Waals surface area contributed by atoms with E-state index in [1.165, 1.54) is 0 Å². The molecule has 0 aliphatic carbocycles. The Balaban J connectivity index is 0. The Labute approximate surface area is 66.2 Å². The molecule has 0 saturated heterocycles. The fourth-order valence-electron chi connectivity index (χ4n) is 0.346. The zero-order valence-corrected chi connectivity index (χ0v) is 6.98. The van der Waals surface area contributed by atoms with Crippen LogP contribution in [-0.2, 0) is 26.3 Å².